The first-order chi connectivity index (χ1) is 11.2. The number of carbonyl (C=O) groups is 1. The Morgan fingerprint density at radius 1 is 1.09 bits per heavy atom. The largest absolute Gasteiger partial charge is 0.350 e. The summed E-state index contributed by atoms with van der Waals surface area (Å²) in [7, 11) is 0. The van der Waals surface area contributed by atoms with Crippen LogP contribution >= 0.6 is 11.3 Å². The molecule has 0 saturated carbocycles. The van der Waals surface area contributed by atoms with E-state index >= 15 is 0 Å². The molecule has 0 radical (unpaired) electrons. The summed E-state index contributed by atoms with van der Waals surface area (Å²) in [6, 6.07) is 18.8. The average molecular weight is 323 g/mol. The second kappa shape index (κ2) is 7.42. The van der Waals surface area contributed by atoms with E-state index in [0.29, 0.717) is 6.42 Å². The molecule has 0 saturated heterocycles. The van der Waals surface area contributed by atoms with E-state index in [1.165, 1.54) is 21.2 Å². The predicted octanol–water partition coefficient (Wildman–Crippen LogP) is 5.10. The highest BCUT2D eigenvalue weighted by molar-refractivity contribution is 7.09. The van der Waals surface area contributed by atoms with Gasteiger partial charge in [0.25, 0.3) is 0 Å². The quantitative estimate of drug-likeness (QED) is 0.671. The first-order valence-electron chi connectivity index (χ1n) is 8.03. The van der Waals surface area contributed by atoms with Gasteiger partial charge in [-0.05, 0) is 47.5 Å². The molecule has 0 bridgehead atoms. The number of rotatable bonds is 6. The van der Waals surface area contributed by atoms with Crippen LogP contribution in [0.1, 0.15) is 36.2 Å². The monoisotopic (exact) mass is 323 g/mol. The number of amides is 1. The standard InChI is InChI=1S/C20H21NOS/c1-15(18-12-4-8-16-7-2-3-11-19(16)18)21-20(22)13-5-9-17-10-6-14-23-17/h2-4,6-8,10-12,14-15H,5,9,13H2,1H3,(H,21,22)/t15-/m0/s1. The first-order valence-corrected chi connectivity index (χ1v) is 8.91. The number of benzene rings is 2. The fraction of sp³-hybridized carbons (Fsp3) is 0.250. The van der Waals surface area contributed by atoms with E-state index in [2.05, 4.69) is 60.1 Å². The van der Waals surface area contributed by atoms with Crippen molar-refractivity contribution >= 4 is 28.0 Å². The fourth-order valence-electron chi connectivity index (χ4n) is 2.90. The normalized spacial score (nSPS) is 12.2. The predicted molar refractivity (Wildman–Crippen MR) is 97.8 cm³/mol. The van der Waals surface area contributed by atoms with Crippen LogP contribution in [0, 0.1) is 0 Å². The Morgan fingerprint density at radius 2 is 1.91 bits per heavy atom. The maximum Gasteiger partial charge on any atom is 0.220 e. The van der Waals surface area contributed by atoms with Crippen LogP contribution in [0.4, 0.5) is 0 Å². The molecule has 0 spiro atoms. The minimum atomic E-state index is 0.0235. The molecule has 23 heavy (non-hydrogen) atoms. The molecule has 0 aliphatic heterocycles. The van der Waals surface area contributed by atoms with Crippen LogP contribution < -0.4 is 5.32 Å². The van der Waals surface area contributed by atoms with Gasteiger partial charge in [0.15, 0.2) is 0 Å². The van der Waals surface area contributed by atoms with Gasteiger partial charge in [0.2, 0.25) is 5.91 Å². The van der Waals surface area contributed by atoms with E-state index in [1.54, 1.807) is 11.3 Å². The summed E-state index contributed by atoms with van der Waals surface area (Å²) in [5.41, 5.74) is 1.18. The van der Waals surface area contributed by atoms with Crippen LogP contribution in [0.15, 0.2) is 60.0 Å². The van der Waals surface area contributed by atoms with Gasteiger partial charge in [0.1, 0.15) is 0 Å². The van der Waals surface area contributed by atoms with Crippen molar-refractivity contribution in [2.24, 2.45) is 0 Å². The number of hydrogen-bond donors (Lipinski definition) is 1. The molecule has 1 aromatic heterocycles. The Kier molecular flexibility index (Phi) is 5.09. The lowest BCUT2D eigenvalue weighted by Gasteiger charge is -2.16. The summed E-state index contributed by atoms with van der Waals surface area (Å²) in [5, 5.41) is 7.64. The molecule has 1 atom stereocenters. The molecule has 3 heteroatoms. The van der Waals surface area contributed by atoms with E-state index in [-0.39, 0.29) is 11.9 Å². The number of hydrogen-bond acceptors (Lipinski definition) is 2. The third-order valence-corrected chi connectivity index (χ3v) is 5.01. The molecule has 3 aromatic rings. The maximum absolute atomic E-state index is 12.2. The van der Waals surface area contributed by atoms with Gasteiger partial charge in [0.05, 0.1) is 6.04 Å². The Bertz CT molecular complexity index is 774. The van der Waals surface area contributed by atoms with Crippen LogP contribution in [0.5, 0.6) is 0 Å². The third-order valence-electron chi connectivity index (χ3n) is 4.07. The van der Waals surface area contributed by atoms with Gasteiger partial charge in [-0.15, -0.1) is 11.3 Å². The SMILES string of the molecule is C[C@H](NC(=O)CCCc1cccs1)c1cccc2ccccc12. The average Bonchev–Trinajstić information content (AvgIpc) is 3.07. The minimum Gasteiger partial charge on any atom is -0.350 e. The van der Waals surface area contributed by atoms with E-state index < -0.39 is 0 Å². The zero-order chi connectivity index (χ0) is 16.1. The lowest BCUT2D eigenvalue weighted by atomic mass is 9.99. The van der Waals surface area contributed by atoms with Crippen molar-refractivity contribution in [3.63, 3.8) is 0 Å². The summed E-state index contributed by atoms with van der Waals surface area (Å²) in [6.07, 6.45) is 2.45. The van der Waals surface area contributed by atoms with Crippen LogP contribution in [0.3, 0.4) is 0 Å². The lowest BCUT2D eigenvalue weighted by Crippen LogP contribution is -2.26. The summed E-state index contributed by atoms with van der Waals surface area (Å²) >= 11 is 1.76. The van der Waals surface area contributed by atoms with E-state index in [1.807, 2.05) is 12.1 Å². The van der Waals surface area contributed by atoms with Crippen LogP contribution in [0.2, 0.25) is 0 Å². The first kappa shape index (κ1) is 15.8. The smallest absolute Gasteiger partial charge is 0.220 e. The highest BCUT2D eigenvalue weighted by Gasteiger charge is 2.12. The fourth-order valence-corrected chi connectivity index (χ4v) is 3.65. The van der Waals surface area contributed by atoms with Crippen molar-refractivity contribution in [2.75, 3.05) is 0 Å². The van der Waals surface area contributed by atoms with Crippen LogP contribution in [-0.2, 0) is 11.2 Å². The van der Waals surface area contributed by atoms with Gasteiger partial charge in [0, 0.05) is 11.3 Å². The molecule has 1 heterocycles. The molecule has 0 aliphatic carbocycles. The molecule has 3 rings (SSSR count). The molecular weight excluding hydrogens is 302 g/mol. The minimum absolute atomic E-state index is 0.0235. The van der Waals surface area contributed by atoms with E-state index in [4.69, 9.17) is 0 Å². The number of thiophene rings is 1. The maximum atomic E-state index is 12.2. The summed E-state index contributed by atoms with van der Waals surface area (Å²) in [6.45, 7) is 2.05. The zero-order valence-electron chi connectivity index (χ0n) is 13.3. The van der Waals surface area contributed by atoms with Crippen molar-refractivity contribution in [3.05, 3.63) is 70.4 Å². The van der Waals surface area contributed by atoms with Crippen molar-refractivity contribution in [1.82, 2.24) is 5.32 Å². The van der Waals surface area contributed by atoms with Gasteiger partial charge in [-0.25, -0.2) is 0 Å². The number of aryl methyl sites for hydroxylation is 1. The summed E-state index contributed by atoms with van der Waals surface area (Å²) in [5.74, 6) is 0.127. The van der Waals surface area contributed by atoms with Gasteiger partial charge in [-0.2, -0.15) is 0 Å². The lowest BCUT2D eigenvalue weighted by molar-refractivity contribution is -0.121. The van der Waals surface area contributed by atoms with Gasteiger partial charge >= 0.3 is 0 Å². The summed E-state index contributed by atoms with van der Waals surface area (Å²) in [4.78, 5) is 13.5. The molecular formula is C20H21NOS. The van der Waals surface area contributed by atoms with Crippen molar-refractivity contribution in [2.45, 2.75) is 32.2 Å². The molecule has 2 aromatic carbocycles. The van der Waals surface area contributed by atoms with Crippen molar-refractivity contribution < 1.29 is 4.79 Å². The van der Waals surface area contributed by atoms with Gasteiger partial charge in [-0.3, -0.25) is 4.79 Å². The number of carbonyl (C=O) groups excluding carboxylic acids is 1. The highest BCUT2D eigenvalue weighted by Crippen LogP contribution is 2.24. The highest BCUT2D eigenvalue weighted by atomic mass is 32.1. The van der Waals surface area contributed by atoms with E-state index in [0.717, 1.165) is 12.8 Å². The summed E-state index contributed by atoms with van der Waals surface area (Å²) < 4.78 is 0. The second-order valence-corrected chi connectivity index (χ2v) is 6.82. The van der Waals surface area contributed by atoms with Crippen LogP contribution in [0.25, 0.3) is 10.8 Å². The number of nitrogens with one attached hydrogen (secondary N) is 1. The molecule has 2 nitrogen and oxygen atoms in total. The Labute approximate surface area is 141 Å². The Balaban J connectivity index is 1.59. The molecule has 118 valence electrons. The molecule has 1 N–H and O–H groups in total. The van der Waals surface area contributed by atoms with E-state index in [9.17, 15) is 4.79 Å². The van der Waals surface area contributed by atoms with Crippen LogP contribution in [-0.4, -0.2) is 5.91 Å². The van der Waals surface area contributed by atoms with Gasteiger partial charge in [-0.1, -0.05) is 48.5 Å². The third kappa shape index (κ3) is 3.99. The van der Waals surface area contributed by atoms with Gasteiger partial charge < -0.3 is 5.32 Å². The molecule has 1 amide bonds. The topological polar surface area (TPSA) is 29.1 Å². The second-order valence-electron chi connectivity index (χ2n) is 5.79. The number of fused-ring (bicyclic) bond motifs is 1. The molecule has 0 aliphatic rings. The van der Waals surface area contributed by atoms with Crippen molar-refractivity contribution in [3.8, 4) is 0 Å². The Morgan fingerprint density at radius 3 is 2.74 bits per heavy atom. The molecule has 0 unspecified atom stereocenters. The zero-order valence-corrected chi connectivity index (χ0v) is 14.1. The van der Waals surface area contributed by atoms with Crippen molar-refractivity contribution in [1.29, 1.82) is 0 Å². The Hall–Kier alpha value is -2.13. The molecule has 0 fully saturated rings.